The lowest BCUT2D eigenvalue weighted by atomic mass is 10.1. The highest BCUT2D eigenvalue weighted by molar-refractivity contribution is 5.54. The van der Waals surface area contributed by atoms with E-state index in [0.29, 0.717) is 11.3 Å². The van der Waals surface area contributed by atoms with Gasteiger partial charge in [0.25, 0.3) is 5.69 Å². The highest BCUT2D eigenvalue weighted by Gasteiger charge is 2.12. The Morgan fingerprint density at radius 1 is 1.57 bits per heavy atom. The zero-order chi connectivity index (χ0) is 10.7. The van der Waals surface area contributed by atoms with Gasteiger partial charge in [0.05, 0.1) is 11.0 Å². The summed E-state index contributed by atoms with van der Waals surface area (Å²) in [4.78, 5) is 9.99. The number of benzene rings is 1. The molecule has 0 spiro atoms. The van der Waals surface area contributed by atoms with E-state index in [9.17, 15) is 10.1 Å². The molecule has 0 fully saturated rings. The first-order valence-corrected chi connectivity index (χ1v) is 3.98. The molecule has 0 aliphatic carbocycles. The molecule has 1 atom stereocenters. The largest absolute Gasteiger partial charge is 0.398 e. The number of nitrogens with two attached hydrogens (primary N) is 2. The van der Waals surface area contributed by atoms with E-state index in [-0.39, 0.29) is 5.69 Å². The molecule has 5 heteroatoms. The Kier molecular flexibility index (Phi) is 2.83. The van der Waals surface area contributed by atoms with Crippen LogP contribution in [0.5, 0.6) is 0 Å². The molecule has 14 heavy (non-hydrogen) atoms. The SMILES string of the molecule is C=C[C@@H](N)c1cc([N+](=O)[O-])ccc1N. The molecule has 0 heterocycles. The molecule has 74 valence electrons. The minimum absolute atomic E-state index is 0.0218. The lowest BCUT2D eigenvalue weighted by molar-refractivity contribution is -0.384. The third-order valence-corrected chi connectivity index (χ3v) is 1.89. The molecule has 0 amide bonds. The molecule has 0 radical (unpaired) electrons. The summed E-state index contributed by atoms with van der Waals surface area (Å²) < 4.78 is 0. The highest BCUT2D eigenvalue weighted by atomic mass is 16.6. The first-order valence-electron chi connectivity index (χ1n) is 3.98. The summed E-state index contributed by atoms with van der Waals surface area (Å²) in [6, 6.07) is 3.70. The molecule has 0 unspecified atom stereocenters. The van der Waals surface area contributed by atoms with E-state index in [1.165, 1.54) is 24.3 Å². The lowest BCUT2D eigenvalue weighted by Gasteiger charge is -2.09. The first-order chi connectivity index (χ1) is 6.56. The molecule has 0 saturated carbocycles. The molecule has 0 saturated heterocycles. The van der Waals surface area contributed by atoms with Gasteiger partial charge in [-0.05, 0) is 6.07 Å². The predicted molar refractivity (Wildman–Crippen MR) is 54.6 cm³/mol. The van der Waals surface area contributed by atoms with Gasteiger partial charge < -0.3 is 11.5 Å². The van der Waals surface area contributed by atoms with Crippen LogP contribution in [0.3, 0.4) is 0 Å². The molecule has 0 aliphatic heterocycles. The molecular formula is C9H11N3O2. The Balaban J connectivity index is 3.20. The number of nitrogens with zero attached hydrogens (tertiary/aromatic N) is 1. The fraction of sp³-hybridized carbons (Fsp3) is 0.111. The van der Waals surface area contributed by atoms with Crippen molar-refractivity contribution < 1.29 is 4.92 Å². The highest BCUT2D eigenvalue weighted by Crippen LogP contribution is 2.24. The first kappa shape index (κ1) is 10.2. The maximum Gasteiger partial charge on any atom is 0.269 e. The summed E-state index contributed by atoms with van der Waals surface area (Å²) >= 11 is 0. The lowest BCUT2D eigenvalue weighted by Crippen LogP contribution is -2.09. The molecule has 0 aromatic heterocycles. The van der Waals surface area contributed by atoms with Crippen molar-refractivity contribution in [2.24, 2.45) is 5.73 Å². The van der Waals surface area contributed by atoms with Gasteiger partial charge >= 0.3 is 0 Å². The number of rotatable bonds is 3. The second-order valence-corrected chi connectivity index (χ2v) is 2.83. The van der Waals surface area contributed by atoms with Crippen molar-refractivity contribution in [1.29, 1.82) is 0 Å². The maximum absolute atomic E-state index is 10.5. The average Bonchev–Trinajstić information content (AvgIpc) is 2.17. The zero-order valence-corrected chi connectivity index (χ0v) is 7.51. The smallest absolute Gasteiger partial charge is 0.269 e. The Labute approximate surface area is 81.2 Å². The van der Waals surface area contributed by atoms with Gasteiger partial charge in [-0.25, -0.2) is 0 Å². The number of hydrogen-bond donors (Lipinski definition) is 2. The molecule has 4 N–H and O–H groups in total. The number of nitrogen functional groups attached to an aromatic ring is 1. The molecule has 5 nitrogen and oxygen atoms in total. The second-order valence-electron chi connectivity index (χ2n) is 2.83. The summed E-state index contributed by atoms with van der Waals surface area (Å²) in [5.74, 6) is 0. The van der Waals surface area contributed by atoms with Crippen LogP contribution in [0.1, 0.15) is 11.6 Å². The number of nitro groups is 1. The average molecular weight is 193 g/mol. The topological polar surface area (TPSA) is 95.2 Å². The summed E-state index contributed by atoms with van der Waals surface area (Å²) in [6.45, 7) is 3.50. The van der Waals surface area contributed by atoms with E-state index in [1.807, 2.05) is 0 Å². The molecule has 1 aromatic rings. The van der Waals surface area contributed by atoms with Crippen LogP contribution in [0.2, 0.25) is 0 Å². The Hall–Kier alpha value is -1.88. The van der Waals surface area contributed by atoms with Gasteiger partial charge in [0.1, 0.15) is 0 Å². The molecular weight excluding hydrogens is 182 g/mol. The Bertz CT molecular complexity index is 376. The Morgan fingerprint density at radius 2 is 2.21 bits per heavy atom. The predicted octanol–water partition coefficient (Wildman–Crippen LogP) is 1.36. The van der Waals surface area contributed by atoms with Crippen molar-refractivity contribution in [2.75, 3.05) is 5.73 Å². The van der Waals surface area contributed by atoms with Gasteiger partial charge in [0.15, 0.2) is 0 Å². The van der Waals surface area contributed by atoms with E-state index in [1.54, 1.807) is 0 Å². The monoisotopic (exact) mass is 193 g/mol. The van der Waals surface area contributed by atoms with Crippen LogP contribution >= 0.6 is 0 Å². The van der Waals surface area contributed by atoms with E-state index in [2.05, 4.69) is 6.58 Å². The van der Waals surface area contributed by atoms with Crippen molar-refractivity contribution in [3.63, 3.8) is 0 Å². The summed E-state index contributed by atoms with van der Waals surface area (Å²) in [5, 5.41) is 10.5. The third-order valence-electron chi connectivity index (χ3n) is 1.89. The van der Waals surface area contributed by atoms with Crippen molar-refractivity contribution in [3.05, 3.63) is 46.5 Å². The van der Waals surface area contributed by atoms with Gasteiger partial charge in [0.2, 0.25) is 0 Å². The summed E-state index contributed by atoms with van der Waals surface area (Å²) in [5.41, 5.74) is 12.2. The van der Waals surface area contributed by atoms with E-state index in [0.717, 1.165) is 0 Å². The van der Waals surface area contributed by atoms with Gasteiger partial charge in [-0.2, -0.15) is 0 Å². The zero-order valence-electron chi connectivity index (χ0n) is 7.51. The van der Waals surface area contributed by atoms with Crippen LogP contribution in [0.25, 0.3) is 0 Å². The fourth-order valence-corrected chi connectivity index (χ4v) is 1.09. The second kappa shape index (κ2) is 3.89. The maximum atomic E-state index is 10.5. The van der Waals surface area contributed by atoms with Crippen LogP contribution < -0.4 is 11.5 Å². The molecule has 0 aliphatic rings. The normalized spacial score (nSPS) is 12.1. The number of hydrogen-bond acceptors (Lipinski definition) is 4. The van der Waals surface area contributed by atoms with E-state index in [4.69, 9.17) is 11.5 Å². The van der Waals surface area contributed by atoms with Gasteiger partial charge in [-0.3, -0.25) is 10.1 Å². The van der Waals surface area contributed by atoms with Crippen molar-refractivity contribution in [3.8, 4) is 0 Å². The van der Waals surface area contributed by atoms with Crippen molar-refractivity contribution in [1.82, 2.24) is 0 Å². The number of nitro benzene ring substituents is 1. The molecule has 0 bridgehead atoms. The number of anilines is 1. The minimum atomic E-state index is -0.487. The Morgan fingerprint density at radius 3 is 2.71 bits per heavy atom. The minimum Gasteiger partial charge on any atom is -0.398 e. The van der Waals surface area contributed by atoms with Gasteiger partial charge in [-0.15, -0.1) is 6.58 Å². The molecule has 1 aromatic carbocycles. The molecule has 1 rings (SSSR count). The van der Waals surface area contributed by atoms with Crippen LogP contribution in [0.15, 0.2) is 30.9 Å². The van der Waals surface area contributed by atoms with Gasteiger partial charge in [-0.1, -0.05) is 6.08 Å². The van der Waals surface area contributed by atoms with Crippen LogP contribution in [0.4, 0.5) is 11.4 Å². The number of non-ortho nitro benzene ring substituents is 1. The quantitative estimate of drug-likeness (QED) is 0.328. The van der Waals surface area contributed by atoms with Gasteiger partial charge in [0, 0.05) is 23.4 Å². The van der Waals surface area contributed by atoms with Crippen LogP contribution in [-0.2, 0) is 0 Å². The van der Waals surface area contributed by atoms with Crippen molar-refractivity contribution in [2.45, 2.75) is 6.04 Å². The summed E-state index contributed by atoms with van der Waals surface area (Å²) in [7, 11) is 0. The van der Waals surface area contributed by atoms with Crippen LogP contribution in [0, 0.1) is 10.1 Å². The van der Waals surface area contributed by atoms with Crippen LogP contribution in [-0.4, -0.2) is 4.92 Å². The van der Waals surface area contributed by atoms with E-state index < -0.39 is 11.0 Å². The van der Waals surface area contributed by atoms with E-state index >= 15 is 0 Å². The standard InChI is InChI=1S/C9H11N3O2/c1-2-8(10)7-5-6(12(13)14)3-4-9(7)11/h2-5,8H,1,10-11H2/t8-/m1/s1. The fourth-order valence-electron chi connectivity index (χ4n) is 1.09. The summed E-state index contributed by atoms with van der Waals surface area (Å²) in [6.07, 6.45) is 1.48. The third kappa shape index (κ3) is 1.89. The van der Waals surface area contributed by atoms with Crippen molar-refractivity contribution >= 4 is 11.4 Å².